The van der Waals surface area contributed by atoms with E-state index in [0.29, 0.717) is 0 Å². The van der Waals surface area contributed by atoms with Gasteiger partial charge in [0.15, 0.2) is 5.78 Å². The van der Waals surface area contributed by atoms with Gasteiger partial charge in [-0.15, -0.1) is 0 Å². The fourth-order valence-corrected chi connectivity index (χ4v) is 1.94. The summed E-state index contributed by atoms with van der Waals surface area (Å²) in [4.78, 5) is 11.2. The zero-order valence-corrected chi connectivity index (χ0v) is 12.3. The molecule has 0 heterocycles. The molecule has 0 saturated carbocycles. The molecule has 14 heavy (non-hydrogen) atoms. The van der Waals surface area contributed by atoms with Gasteiger partial charge in [0.25, 0.3) is 10.1 Å². The molecule has 0 fully saturated rings. The Hall–Kier alpha value is 0.916. The summed E-state index contributed by atoms with van der Waals surface area (Å²) in [5.74, 6) is -1.17. The van der Waals surface area contributed by atoms with Crippen LogP contribution in [0.5, 0.6) is 0 Å². The Labute approximate surface area is 128 Å². The second-order valence-electron chi connectivity index (χ2n) is 3.06. The quantitative estimate of drug-likeness (QED) is 0.301. The van der Waals surface area contributed by atoms with Crippen molar-refractivity contribution in [1.29, 1.82) is 0 Å². The van der Waals surface area contributed by atoms with Crippen LogP contribution in [-0.2, 0) is 14.9 Å². The molecule has 78 valence electrons. The molecular formula is C7H14KNO4S. The molecule has 0 aliphatic carbocycles. The molecule has 0 amide bonds. The van der Waals surface area contributed by atoms with E-state index < -0.39 is 27.1 Å². The summed E-state index contributed by atoms with van der Waals surface area (Å²) in [7, 11) is -4.20. The van der Waals surface area contributed by atoms with Crippen molar-refractivity contribution in [3.63, 3.8) is 0 Å². The van der Waals surface area contributed by atoms with E-state index in [9.17, 15) is 13.2 Å². The van der Waals surface area contributed by atoms with Gasteiger partial charge >= 0.3 is 51.4 Å². The van der Waals surface area contributed by atoms with E-state index in [2.05, 4.69) is 6.58 Å². The van der Waals surface area contributed by atoms with E-state index in [4.69, 9.17) is 10.3 Å². The number of hydrogen-bond acceptors (Lipinski definition) is 4. The van der Waals surface area contributed by atoms with Gasteiger partial charge in [-0.25, -0.2) is 0 Å². The number of carbonyl (C=O) groups is 1. The third-order valence-electron chi connectivity index (χ3n) is 1.73. The number of rotatable bonds is 5. The first-order valence-electron chi connectivity index (χ1n) is 3.57. The average Bonchev–Trinajstić information content (AvgIpc) is 1.99. The Balaban J connectivity index is -0.000000720. The fourth-order valence-electron chi connectivity index (χ4n) is 0.880. The standard InChI is InChI=1S/C7H13NO4S.K.H/c1-3-6(9)7(2,4-8)5-13(10,11)12;;/h3H,1,4-5,8H2,2H3,(H,10,11,12);;/q;+1;-1. The molecular weight excluding hydrogens is 233 g/mol. The van der Waals surface area contributed by atoms with Gasteiger partial charge in [0, 0.05) is 6.54 Å². The second-order valence-corrected chi connectivity index (χ2v) is 4.51. The van der Waals surface area contributed by atoms with E-state index in [1.807, 2.05) is 0 Å². The molecule has 0 radical (unpaired) electrons. The molecule has 0 aromatic rings. The maximum Gasteiger partial charge on any atom is 1.00 e. The van der Waals surface area contributed by atoms with E-state index in [1.54, 1.807) is 0 Å². The summed E-state index contributed by atoms with van der Waals surface area (Å²) in [6, 6.07) is 0. The van der Waals surface area contributed by atoms with Gasteiger partial charge in [0.1, 0.15) is 0 Å². The first-order chi connectivity index (χ1) is 5.75. The maximum atomic E-state index is 11.2. The van der Waals surface area contributed by atoms with E-state index in [1.165, 1.54) is 6.92 Å². The molecule has 7 heteroatoms. The van der Waals surface area contributed by atoms with Crippen molar-refractivity contribution in [2.24, 2.45) is 11.1 Å². The van der Waals surface area contributed by atoms with Crippen LogP contribution in [0.3, 0.4) is 0 Å². The second kappa shape index (κ2) is 6.49. The zero-order chi connectivity index (χ0) is 10.7. The summed E-state index contributed by atoms with van der Waals surface area (Å²) in [5, 5.41) is 0. The SMILES string of the molecule is C=CC(=O)C(C)(CN)CS(=O)(=O)O.[H-].[K+]. The summed E-state index contributed by atoms with van der Waals surface area (Å²) in [6.07, 6.45) is 0.998. The first kappa shape index (κ1) is 17.3. The van der Waals surface area contributed by atoms with Crippen molar-refractivity contribution in [3.8, 4) is 0 Å². The average molecular weight is 247 g/mol. The zero-order valence-electron chi connectivity index (χ0n) is 9.36. The number of hydrogen-bond donors (Lipinski definition) is 2. The van der Waals surface area contributed by atoms with Crippen LogP contribution in [0.2, 0.25) is 0 Å². The minimum Gasteiger partial charge on any atom is -1.00 e. The summed E-state index contributed by atoms with van der Waals surface area (Å²) in [6.45, 7) is 4.43. The van der Waals surface area contributed by atoms with E-state index in [0.717, 1.165) is 6.08 Å². The van der Waals surface area contributed by atoms with Crippen LogP contribution in [0.4, 0.5) is 0 Å². The van der Waals surface area contributed by atoms with Crippen LogP contribution >= 0.6 is 0 Å². The largest absolute Gasteiger partial charge is 1.00 e. The third kappa shape index (κ3) is 5.71. The van der Waals surface area contributed by atoms with E-state index >= 15 is 0 Å². The molecule has 0 spiro atoms. The Morgan fingerprint density at radius 3 is 2.36 bits per heavy atom. The molecule has 1 unspecified atom stereocenters. The molecule has 1 atom stereocenters. The Bertz CT molecular complexity index is 319. The van der Waals surface area contributed by atoms with Crippen molar-refractivity contribution in [1.82, 2.24) is 0 Å². The monoisotopic (exact) mass is 247 g/mol. The molecule has 0 bridgehead atoms. The van der Waals surface area contributed by atoms with Gasteiger partial charge in [-0.05, 0) is 13.0 Å². The van der Waals surface area contributed by atoms with E-state index in [-0.39, 0.29) is 59.4 Å². The van der Waals surface area contributed by atoms with Gasteiger partial charge in [0.05, 0.1) is 11.2 Å². The van der Waals surface area contributed by atoms with Crippen LogP contribution in [-0.4, -0.2) is 31.1 Å². The molecule has 0 aliphatic rings. The smallest absolute Gasteiger partial charge is 1.00 e. The van der Waals surface area contributed by atoms with Crippen molar-refractivity contribution in [3.05, 3.63) is 12.7 Å². The van der Waals surface area contributed by atoms with Gasteiger partial charge in [-0.1, -0.05) is 6.58 Å². The van der Waals surface area contributed by atoms with Crippen LogP contribution in [0.1, 0.15) is 8.35 Å². The Kier molecular flexibility index (Phi) is 8.02. The topological polar surface area (TPSA) is 97.5 Å². The maximum absolute atomic E-state index is 11.2. The molecule has 0 aromatic carbocycles. The minimum absolute atomic E-state index is 0. The Morgan fingerprint density at radius 2 is 2.14 bits per heavy atom. The number of nitrogens with two attached hydrogens (primary N) is 1. The molecule has 0 aliphatic heterocycles. The van der Waals surface area contributed by atoms with Crippen molar-refractivity contribution in [2.45, 2.75) is 6.92 Å². The van der Waals surface area contributed by atoms with Crippen LogP contribution in [0, 0.1) is 5.41 Å². The third-order valence-corrected chi connectivity index (χ3v) is 2.73. The first-order valence-corrected chi connectivity index (χ1v) is 5.18. The molecule has 0 aromatic heterocycles. The molecule has 0 rings (SSSR count). The predicted octanol–water partition coefficient (Wildman–Crippen LogP) is -3.29. The van der Waals surface area contributed by atoms with Gasteiger partial charge in [-0.3, -0.25) is 9.35 Å². The Morgan fingerprint density at radius 1 is 1.71 bits per heavy atom. The summed E-state index contributed by atoms with van der Waals surface area (Å²) < 4.78 is 29.6. The summed E-state index contributed by atoms with van der Waals surface area (Å²) >= 11 is 0. The van der Waals surface area contributed by atoms with Crippen LogP contribution < -0.4 is 57.1 Å². The molecule has 0 saturated heterocycles. The van der Waals surface area contributed by atoms with Crippen molar-refractivity contribution < 1.29 is 70.6 Å². The fraction of sp³-hybridized carbons (Fsp3) is 0.571. The van der Waals surface area contributed by atoms with Crippen molar-refractivity contribution in [2.75, 3.05) is 12.3 Å². The molecule has 3 N–H and O–H groups in total. The molecule has 5 nitrogen and oxygen atoms in total. The van der Waals surface area contributed by atoms with Crippen LogP contribution in [0.25, 0.3) is 0 Å². The number of carbonyl (C=O) groups excluding carboxylic acids is 1. The van der Waals surface area contributed by atoms with Gasteiger partial charge < -0.3 is 7.16 Å². The number of allylic oxidation sites excluding steroid dienone is 1. The minimum atomic E-state index is -4.20. The van der Waals surface area contributed by atoms with Crippen LogP contribution in [0.15, 0.2) is 12.7 Å². The number of ketones is 1. The summed E-state index contributed by atoms with van der Waals surface area (Å²) in [5.41, 5.74) is 3.96. The van der Waals surface area contributed by atoms with Gasteiger partial charge in [-0.2, -0.15) is 8.42 Å². The normalized spacial score (nSPS) is 15.1. The van der Waals surface area contributed by atoms with Crippen molar-refractivity contribution >= 4 is 15.9 Å². The predicted molar refractivity (Wildman–Crippen MR) is 49.9 cm³/mol. The van der Waals surface area contributed by atoms with Gasteiger partial charge in [0.2, 0.25) is 0 Å².